The van der Waals surface area contributed by atoms with Crippen LogP contribution >= 0.6 is 0 Å². The first-order valence-electron chi connectivity index (χ1n) is 9.47. The van der Waals surface area contributed by atoms with Gasteiger partial charge in [0.25, 0.3) is 0 Å². The van der Waals surface area contributed by atoms with E-state index in [-0.39, 0.29) is 17.4 Å². The molecule has 0 spiro atoms. The summed E-state index contributed by atoms with van der Waals surface area (Å²) >= 11 is 0. The topological polar surface area (TPSA) is 50.1 Å². The molecule has 1 aromatic heterocycles. The minimum Gasteiger partial charge on any atom is -0.301 e. The van der Waals surface area contributed by atoms with Crippen molar-refractivity contribution >= 4 is 0 Å². The number of hydrogen-bond donors (Lipinski definition) is 0. The fraction of sp³-hybridized carbons (Fsp3) is 0.632. The summed E-state index contributed by atoms with van der Waals surface area (Å²) in [5, 5.41) is 12.7. The first-order valence-corrected chi connectivity index (χ1v) is 9.47. The van der Waals surface area contributed by atoms with E-state index >= 15 is 0 Å². The summed E-state index contributed by atoms with van der Waals surface area (Å²) in [6.07, 6.45) is 0.921. The van der Waals surface area contributed by atoms with Crippen molar-refractivity contribution < 1.29 is 4.39 Å². The number of hydrogen-bond acceptors (Lipinski definition) is 5. The first kappa shape index (κ1) is 18.9. The molecule has 1 fully saturated rings. The standard InChI is InChI=1S/C19H29FN6/c1-5-19(3,4)26-18(21-22-23-26)17(15-7-9-16(20)10-8-15)25-13-11-24(6-2)12-14-25/h7-10,17H,5-6,11-14H2,1-4H3/t17-/m1/s1. The average molecular weight is 360 g/mol. The number of nitrogens with zero attached hydrogens (tertiary/aromatic N) is 6. The Morgan fingerprint density at radius 3 is 2.31 bits per heavy atom. The van der Waals surface area contributed by atoms with Crippen LogP contribution in [-0.4, -0.2) is 62.7 Å². The highest BCUT2D eigenvalue weighted by Crippen LogP contribution is 2.31. The Bertz CT molecular complexity index is 703. The minimum atomic E-state index is -0.225. The summed E-state index contributed by atoms with van der Waals surface area (Å²) < 4.78 is 15.4. The number of halogens is 1. The van der Waals surface area contributed by atoms with E-state index in [9.17, 15) is 4.39 Å². The second-order valence-corrected chi connectivity index (χ2v) is 7.54. The number of aromatic nitrogens is 4. The summed E-state index contributed by atoms with van der Waals surface area (Å²) in [4.78, 5) is 4.85. The molecule has 2 aromatic rings. The molecule has 7 heteroatoms. The van der Waals surface area contributed by atoms with E-state index in [0.717, 1.165) is 50.5 Å². The molecule has 1 aliphatic heterocycles. The molecular weight excluding hydrogens is 331 g/mol. The van der Waals surface area contributed by atoms with Gasteiger partial charge >= 0.3 is 0 Å². The Hall–Kier alpha value is -1.86. The molecule has 0 saturated carbocycles. The molecule has 0 amide bonds. The van der Waals surface area contributed by atoms with Crippen molar-refractivity contribution in [2.24, 2.45) is 0 Å². The van der Waals surface area contributed by atoms with Gasteiger partial charge in [-0.3, -0.25) is 4.90 Å². The fourth-order valence-corrected chi connectivity index (χ4v) is 3.45. The van der Waals surface area contributed by atoms with Crippen molar-refractivity contribution in [3.8, 4) is 0 Å². The van der Waals surface area contributed by atoms with Gasteiger partial charge in [-0.05, 0) is 54.9 Å². The van der Waals surface area contributed by atoms with Crippen molar-refractivity contribution in [2.45, 2.75) is 45.7 Å². The van der Waals surface area contributed by atoms with E-state index in [2.05, 4.69) is 53.0 Å². The molecule has 142 valence electrons. The molecule has 1 atom stereocenters. The summed E-state index contributed by atoms with van der Waals surface area (Å²) in [7, 11) is 0. The molecule has 3 rings (SSSR count). The van der Waals surface area contributed by atoms with Gasteiger partial charge in [-0.1, -0.05) is 26.0 Å². The molecule has 1 saturated heterocycles. The monoisotopic (exact) mass is 360 g/mol. The van der Waals surface area contributed by atoms with Gasteiger partial charge in [0.15, 0.2) is 5.82 Å². The third-order valence-corrected chi connectivity index (χ3v) is 5.58. The Labute approximate surface area is 155 Å². The van der Waals surface area contributed by atoms with E-state index in [1.165, 1.54) is 12.1 Å². The van der Waals surface area contributed by atoms with E-state index in [1.807, 2.05) is 16.8 Å². The SMILES string of the molecule is CCN1CCN([C@H](c2ccc(F)cc2)c2nnnn2C(C)(C)CC)CC1. The van der Waals surface area contributed by atoms with Crippen LogP contribution in [0.2, 0.25) is 0 Å². The van der Waals surface area contributed by atoms with E-state index in [1.54, 1.807) is 0 Å². The quantitative estimate of drug-likeness (QED) is 0.793. The third kappa shape index (κ3) is 3.78. The highest BCUT2D eigenvalue weighted by atomic mass is 19.1. The molecule has 6 nitrogen and oxygen atoms in total. The maximum Gasteiger partial charge on any atom is 0.173 e. The van der Waals surface area contributed by atoms with Crippen LogP contribution in [0.15, 0.2) is 24.3 Å². The van der Waals surface area contributed by atoms with Crippen LogP contribution in [0, 0.1) is 5.82 Å². The highest BCUT2D eigenvalue weighted by Gasteiger charge is 2.33. The molecule has 0 unspecified atom stereocenters. The summed E-state index contributed by atoms with van der Waals surface area (Å²) in [6.45, 7) is 13.6. The molecular formula is C19H29FN6. The number of piperazine rings is 1. The number of benzene rings is 1. The van der Waals surface area contributed by atoms with Gasteiger partial charge < -0.3 is 4.90 Å². The van der Waals surface area contributed by atoms with Gasteiger partial charge in [-0.2, -0.15) is 0 Å². The molecule has 0 bridgehead atoms. The largest absolute Gasteiger partial charge is 0.301 e. The predicted molar refractivity (Wildman–Crippen MR) is 99.4 cm³/mol. The number of tetrazole rings is 1. The van der Waals surface area contributed by atoms with Gasteiger partial charge in [0.1, 0.15) is 5.82 Å². The van der Waals surface area contributed by atoms with Crippen LogP contribution in [0.3, 0.4) is 0 Å². The predicted octanol–water partition coefficient (Wildman–Crippen LogP) is 2.68. The van der Waals surface area contributed by atoms with Crippen molar-refractivity contribution in [2.75, 3.05) is 32.7 Å². The smallest absolute Gasteiger partial charge is 0.173 e. The van der Waals surface area contributed by atoms with Gasteiger partial charge in [-0.25, -0.2) is 9.07 Å². The second-order valence-electron chi connectivity index (χ2n) is 7.54. The average Bonchev–Trinajstić information content (AvgIpc) is 3.14. The minimum absolute atomic E-state index is 0.0737. The van der Waals surface area contributed by atoms with Crippen LogP contribution in [-0.2, 0) is 5.54 Å². The van der Waals surface area contributed by atoms with Gasteiger partial charge in [0, 0.05) is 26.2 Å². The zero-order chi connectivity index (χ0) is 18.7. The summed E-state index contributed by atoms with van der Waals surface area (Å²) in [5.41, 5.74) is 0.849. The molecule has 1 aliphatic rings. The maximum absolute atomic E-state index is 13.5. The van der Waals surface area contributed by atoms with Crippen molar-refractivity contribution in [1.82, 2.24) is 30.0 Å². The molecule has 26 heavy (non-hydrogen) atoms. The molecule has 1 aromatic carbocycles. The molecule has 0 radical (unpaired) electrons. The number of rotatable bonds is 6. The fourth-order valence-electron chi connectivity index (χ4n) is 3.45. The first-order chi connectivity index (χ1) is 12.5. The molecule has 0 aliphatic carbocycles. The van der Waals surface area contributed by atoms with Crippen LogP contribution in [0.5, 0.6) is 0 Å². The zero-order valence-corrected chi connectivity index (χ0v) is 16.2. The Balaban J connectivity index is 1.99. The van der Waals surface area contributed by atoms with E-state index in [4.69, 9.17) is 0 Å². The van der Waals surface area contributed by atoms with Crippen molar-refractivity contribution in [3.05, 3.63) is 41.5 Å². The van der Waals surface area contributed by atoms with E-state index in [0.29, 0.717) is 0 Å². The maximum atomic E-state index is 13.5. The lowest BCUT2D eigenvalue weighted by molar-refractivity contribution is 0.105. The Kier molecular flexibility index (Phi) is 5.67. The van der Waals surface area contributed by atoms with Crippen molar-refractivity contribution in [3.63, 3.8) is 0 Å². The van der Waals surface area contributed by atoms with Crippen molar-refractivity contribution in [1.29, 1.82) is 0 Å². The highest BCUT2D eigenvalue weighted by molar-refractivity contribution is 5.26. The van der Waals surface area contributed by atoms with Gasteiger partial charge in [-0.15, -0.1) is 5.10 Å². The zero-order valence-electron chi connectivity index (χ0n) is 16.2. The van der Waals surface area contributed by atoms with Crippen LogP contribution in [0.25, 0.3) is 0 Å². The lowest BCUT2D eigenvalue weighted by Crippen LogP contribution is -2.48. The van der Waals surface area contributed by atoms with E-state index < -0.39 is 0 Å². The third-order valence-electron chi connectivity index (χ3n) is 5.58. The van der Waals surface area contributed by atoms with Crippen LogP contribution in [0.4, 0.5) is 4.39 Å². The lowest BCUT2D eigenvalue weighted by Gasteiger charge is -2.39. The molecule has 2 heterocycles. The Morgan fingerprint density at radius 2 is 1.73 bits per heavy atom. The summed E-state index contributed by atoms with van der Waals surface area (Å²) in [6, 6.07) is 6.66. The summed E-state index contributed by atoms with van der Waals surface area (Å²) in [5.74, 6) is 0.602. The van der Waals surface area contributed by atoms with Gasteiger partial charge in [0.2, 0.25) is 0 Å². The van der Waals surface area contributed by atoms with Crippen LogP contribution < -0.4 is 0 Å². The normalized spacial score (nSPS) is 18.2. The second kappa shape index (κ2) is 7.80. The number of likely N-dealkylation sites (N-methyl/N-ethyl adjacent to an activating group) is 1. The molecule has 0 N–H and O–H groups in total. The van der Waals surface area contributed by atoms with Gasteiger partial charge in [0.05, 0.1) is 11.6 Å². The van der Waals surface area contributed by atoms with Crippen LogP contribution in [0.1, 0.15) is 51.5 Å². The lowest BCUT2D eigenvalue weighted by atomic mass is 9.99. The Morgan fingerprint density at radius 1 is 1.08 bits per heavy atom.